The molecule has 1 aromatic rings. The summed E-state index contributed by atoms with van der Waals surface area (Å²) in [4.78, 5) is 25.3. The predicted molar refractivity (Wildman–Crippen MR) is 103 cm³/mol. The smallest absolute Gasteiger partial charge is 0.267 e. The molecule has 2 fully saturated rings. The van der Waals surface area contributed by atoms with E-state index >= 15 is 0 Å². The molecule has 4 nitrogen and oxygen atoms in total. The van der Waals surface area contributed by atoms with Gasteiger partial charge in [0.25, 0.3) is 5.91 Å². The molecule has 0 N–H and O–H groups in total. The first kappa shape index (κ1) is 18.8. The molecule has 1 heterocycles. The van der Waals surface area contributed by atoms with Gasteiger partial charge in [-0.15, -0.1) is 0 Å². The molecule has 0 atom stereocenters. The number of hydrazine groups is 1. The molecule has 2 aliphatic rings. The molecule has 0 aromatic heterocycles. The molecule has 0 radical (unpaired) electrons. The maximum atomic E-state index is 12.8. The molecule has 1 saturated carbocycles. The van der Waals surface area contributed by atoms with Gasteiger partial charge >= 0.3 is 0 Å². The van der Waals surface area contributed by atoms with E-state index in [4.69, 9.17) is 0 Å². The van der Waals surface area contributed by atoms with Crippen molar-refractivity contribution in [2.45, 2.75) is 70.9 Å². The fourth-order valence-electron chi connectivity index (χ4n) is 4.08. The van der Waals surface area contributed by atoms with Gasteiger partial charge in [0.2, 0.25) is 5.91 Å². The normalized spacial score (nSPS) is 21.6. The van der Waals surface area contributed by atoms with Gasteiger partial charge < -0.3 is 0 Å². The molecule has 3 rings (SSSR count). The molecule has 2 amide bonds. The Kier molecular flexibility index (Phi) is 5.92. The third-order valence-electron chi connectivity index (χ3n) is 5.60. The minimum Gasteiger partial charge on any atom is -0.273 e. The SMILES string of the molecule is CC1(C)CC(=O)N(C(=O)/C=C/CC2CCCCC2)N1Cc1ccccc1. The molecule has 26 heavy (non-hydrogen) atoms. The quantitative estimate of drug-likeness (QED) is 0.733. The fourth-order valence-corrected chi connectivity index (χ4v) is 4.08. The summed E-state index contributed by atoms with van der Waals surface area (Å²) in [6.07, 6.45) is 11.3. The van der Waals surface area contributed by atoms with Crippen LogP contribution >= 0.6 is 0 Å². The van der Waals surface area contributed by atoms with Crippen molar-refractivity contribution in [3.63, 3.8) is 0 Å². The van der Waals surface area contributed by atoms with Crippen LogP contribution in [0, 0.1) is 5.92 Å². The lowest BCUT2D eigenvalue weighted by Gasteiger charge is -2.34. The highest BCUT2D eigenvalue weighted by Crippen LogP contribution is 2.32. The first-order valence-electron chi connectivity index (χ1n) is 9.82. The van der Waals surface area contributed by atoms with Crippen LogP contribution in [0.25, 0.3) is 0 Å². The highest BCUT2D eigenvalue weighted by Gasteiger charge is 2.45. The van der Waals surface area contributed by atoms with E-state index < -0.39 is 0 Å². The number of hydrogen-bond donors (Lipinski definition) is 0. The van der Waals surface area contributed by atoms with E-state index in [0.717, 1.165) is 12.0 Å². The average molecular weight is 354 g/mol. The van der Waals surface area contributed by atoms with Crippen LogP contribution < -0.4 is 0 Å². The van der Waals surface area contributed by atoms with Crippen molar-refractivity contribution in [2.75, 3.05) is 0 Å². The Morgan fingerprint density at radius 1 is 1.15 bits per heavy atom. The minimum absolute atomic E-state index is 0.113. The van der Waals surface area contributed by atoms with Gasteiger partial charge in [0, 0.05) is 24.6 Å². The number of allylic oxidation sites excluding steroid dienone is 1. The minimum atomic E-state index is -0.361. The molecule has 0 unspecified atom stereocenters. The predicted octanol–water partition coefficient (Wildman–Crippen LogP) is 4.47. The number of carbonyl (C=O) groups is 2. The van der Waals surface area contributed by atoms with E-state index in [1.54, 1.807) is 6.08 Å². The Morgan fingerprint density at radius 2 is 1.85 bits per heavy atom. The Labute approximate surface area is 156 Å². The second-order valence-electron chi connectivity index (χ2n) is 8.22. The van der Waals surface area contributed by atoms with E-state index in [9.17, 15) is 9.59 Å². The van der Waals surface area contributed by atoms with Gasteiger partial charge in [0.1, 0.15) is 0 Å². The molecule has 1 aromatic carbocycles. The molecule has 140 valence electrons. The van der Waals surface area contributed by atoms with Crippen LogP contribution in [-0.2, 0) is 16.1 Å². The maximum absolute atomic E-state index is 12.8. The summed E-state index contributed by atoms with van der Waals surface area (Å²) in [5.74, 6) is 0.365. The van der Waals surface area contributed by atoms with Crippen LogP contribution in [0.5, 0.6) is 0 Å². The van der Waals surface area contributed by atoms with Crippen molar-refractivity contribution < 1.29 is 9.59 Å². The van der Waals surface area contributed by atoms with E-state index in [2.05, 4.69) is 0 Å². The first-order valence-corrected chi connectivity index (χ1v) is 9.82. The lowest BCUT2D eigenvalue weighted by atomic mass is 9.87. The first-order chi connectivity index (χ1) is 12.5. The maximum Gasteiger partial charge on any atom is 0.267 e. The van der Waals surface area contributed by atoms with Gasteiger partial charge in [0.15, 0.2) is 0 Å². The monoisotopic (exact) mass is 354 g/mol. The second kappa shape index (κ2) is 8.17. The summed E-state index contributed by atoms with van der Waals surface area (Å²) in [5.41, 5.74) is 0.735. The van der Waals surface area contributed by atoms with E-state index in [1.807, 2.05) is 55.3 Å². The number of hydrogen-bond acceptors (Lipinski definition) is 3. The van der Waals surface area contributed by atoms with Crippen molar-refractivity contribution >= 4 is 11.8 Å². The number of amides is 2. The lowest BCUT2D eigenvalue weighted by Crippen LogP contribution is -2.48. The van der Waals surface area contributed by atoms with E-state index in [0.29, 0.717) is 18.9 Å². The largest absolute Gasteiger partial charge is 0.273 e. The van der Waals surface area contributed by atoms with Crippen LogP contribution in [-0.4, -0.2) is 27.4 Å². The molecule has 4 heteroatoms. The number of carbonyl (C=O) groups excluding carboxylic acids is 2. The number of nitrogens with zero attached hydrogens (tertiary/aromatic N) is 2. The number of rotatable bonds is 5. The zero-order valence-electron chi connectivity index (χ0n) is 16.0. The standard InChI is InChI=1S/C22H30N2O2/c1-22(2)16-21(26)24(23(22)17-19-12-7-4-8-13-19)20(25)15-9-14-18-10-5-3-6-11-18/h4,7-9,12-13,15,18H,3,5-6,10-11,14,16-17H2,1-2H3/b15-9+. The van der Waals surface area contributed by atoms with Crippen LogP contribution in [0.15, 0.2) is 42.5 Å². The summed E-state index contributed by atoms with van der Waals surface area (Å²) in [6.45, 7) is 4.60. The zero-order valence-corrected chi connectivity index (χ0v) is 16.0. The molecule has 1 saturated heterocycles. The highest BCUT2D eigenvalue weighted by molar-refractivity contribution is 6.01. The van der Waals surface area contributed by atoms with Crippen LogP contribution in [0.3, 0.4) is 0 Å². The molecular weight excluding hydrogens is 324 g/mol. The lowest BCUT2D eigenvalue weighted by molar-refractivity contribution is -0.157. The number of imide groups is 1. The van der Waals surface area contributed by atoms with Gasteiger partial charge in [0.05, 0.1) is 0 Å². The third-order valence-corrected chi connectivity index (χ3v) is 5.60. The Balaban J connectivity index is 1.68. The fraction of sp³-hybridized carbons (Fsp3) is 0.545. The molecule has 0 spiro atoms. The third kappa shape index (κ3) is 4.42. The Morgan fingerprint density at radius 3 is 2.54 bits per heavy atom. The summed E-state index contributed by atoms with van der Waals surface area (Å²) in [6, 6.07) is 9.99. The van der Waals surface area contributed by atoms with Crippen molar-refractivity contribution in [1.82, 2.24) is 10.0 Å². The molecule has 1 aliphatic heterocycles. The van der Waals surface area contributed by atoms with Crippen molar-refractivity contribution in [1.29, 1.82) is 0 Å². The van der Waals surface area contributed by atoms with Gasteiger partial charge in [-0.3, -0.25) is 9.59 Å². The van der Waals surface area contributed by atoms with Gasteiger partial charge in [-0.25, -0.2) is 10.0 Å². The van der Waals surface area contributed by atoms with Crippen LogP contribution in [0.1, 0.15) is 64.4 Å². The van der Waals surface area contributed by atoms with E-state index in [1.165, 1.54) is 37.1 Å². The molecular formula is C22H30N2O2. The Hall–Kier alpha value is -1.94. The van der Waals surface area contributed by atoms with Gasteiger partial charge in [-0.2, -0.15) is 0 Å². The van der Waals surface area contributed by atoms with Crippen molar-refractivity contribution in [2.24, 2.45) is 5.92 Å². The summed E-state index contributed by atoms with van der Waals surface area (Å²) >= 11 is 0. The number of benzene rings is 1. The second-order valence-corrected chi connectivity index (χ2v) is 8.22. The summed E-state index contributed by atoms with van der Waals surface area (Å²) in [5, 5.41) is 3.27. The van der Waals surface area contributed by atoms with Crippen molar-refractivity contribution in [3.05, 3.63) is 48.0 Å². The molecule has 1 aliphatic carbocycles. The topological polar surface area (TPSA) is 40.6 Å². The van der Waals surface area contributed by atoms with Crippen LogP contribution in [0.4, 0.5) is 0 Å². The molecule has 0 bridgehead atoms. The average Bonchev–Trinajstić information content (AvgIpc) is 2.85. The van der Waals surface area contributed by atoms with Crippen LogP contribution in [0.2, 0.25) is 0 Å². The van der Waals surface area contributed by atoms with E-state index in [-0.39, 0.29) is 17.4 Å². The van der Waals surface area contributed by atoms with Gasteiger partial charge in [-0.05, 0) is 31.7 Å². The van der Waals surface area contributed by atoms with Crippen molar-refractivity contribution in [3.8, 4) is 0 Å². The highest BCUT2D eigenvalue weighted by atomic mass is 16.2. The summed E-state index contributed by atoms with van der Waals surface area (Å²) in [7, 11) is 0. The zero-order chi connectivity index (χ0) is 18.6. The summed E-state index contributed by atoms with van der Waals surface area (Å²) < 4.78 is 0. The van der Waals surface area contributed by atoms with Gasteiger partial charge in [-0.1, -0.05) is 68.5 Å². The Bertz CT molecular complexity index is 660.